The van der Waals surface area contributed by atoms with Gasteiger partial charge >= 0.3 is 0 Å². The van der Waals surface area contributed by atoms with Crippen LogP contribution in [0.2, 0.25) is 0 Å². The molecule has 0 aliphatic rings. The van der Waals surface area contributed by atoms with E-state index in [0.29, 0.717) is 5.56 Å². The van der Waals surface area contributed by atoms with Gasteiger partial charge in [-0.05, 0) is 54.0 Å². The molecule has 0 heterocycles. The van der Waals surface area contributed by atoms with Crippen molar-refractivity contribution in [2.45, 2.75) is 17.2 Å². The normalized spacial score (nSPS) is 12.6. The molecule has 0 spiro atoms. The second-order valence-electron chi connectivity index (χ2n) is 2.83. The number of hydrogen-bond donors (Lipinski definition) is 0. The van der Waals surface area contributed by atoms with Crippen LogP contribution < -0.4 is 0 Å². The van der Waals surface area contributed by atoms with Crippen molar-refractivity contribution in [2.24, 2.45) is 0 Å². The molecule has 1 aromatic carbocycles. The Bertz CT molecular complexity index is 352. The van der Waals surface area contributed by atoms with Crippen LogP contribution in [0.25, 0.3) is 0 Å². The van der Waals surface area contributed by atoms with E-state index in [4.69, 9.17) is 11.6 Å². The molecular formula is C10H10ClIOS. The van der Waals surface area contributed by atoms with Crippen molar-refractivity contribution < 1.29 is 4.79 Å². The van der Waals surface area contributed by atoms with E-state index in [1.165, 1.54) is 0 Å². The molecule has 1 nitrogen and oxygen atoms in total. The number of hydrogen-bond acceptors (Lipinski definition) is 2. The van der Waals surface area contributed by atoms with Crippen molar-refractivity contribution >= 4 is 51.7 Å². The number of ketones is 1. The maximum Gasteiger partial charge on any atom is 0.181 e. The number of benzene rings is 1. The average Bonchev–Trinajstić information content (AvgIpc) is 2.16. The number of halogens is 2. The fourth-order valence-electron chi connectivity index (χ4n) is 1.04. The first-order valence-electron chi connectivity index (χ1n) is 4.08. The number of carbonyl (C=O) groups is 1. The highest BCUT2D eigenvalue weighted by Gasteiger charge is 2.15. The van der Waals surface area contributed by atoms with Crippen LogP contribution in [-0.4, -0.2) is 17.4 Å². The van der Waals surface area contributed by atoms with Crippen LogP contribution >= 0.6 is 46.0 Å². The zero-order valence-corrected chi connectivity index (χ0v) is 11.6. The van der Waals surface area contributed by atoms with E-state index in [-0.39, 0.29) is 5.78 Å². The average molecular weight is 341 g/mol. The number of carbonyl (C=O) groups excluding carboxylic acids is 1. The summed E-state index contributed by atoms with van der Waals surface area (Å²) in [5, 5.41) is -0.455. The second kappa shape index (κ2) is 5.37. The van der Waals surface area contributed by atoms with E-state index in [1.807, 2.05) is 24.5 Å². The minimum atomic E-state index is -0.455. The Kier molecular flexibility index (Phi) is 4.73. The van der Waals surface area contributed by atoms with Gasteiger partial charge in [0, 0.05) is 14.0 Å². The largest absolute Gasteiger partial charge is 0.292 e. The van der Waals surface area contributed by atoms with E-state index in [1.54, 1.807) is 18.7 Å². The maximum absolute atomic E-state index is 11.6. The summed E-state index contributed by atoms with van der Waals surface area (Å²) in [6.45, 7) is 1.70. The molecule has 0 amide bonds. The lowest BCUT2D eigenvalue weighted by Gasteiger charge is -2.06. The Morgan fingerprint density at radius 2 is 2.21 bits per heavy atom. The lowest BCUT2D eigenvalue weighted by atomic mass is 10.1. The van der Waals surface area contributed by atoms with Gasteiger partial charge in [-0.2, -0.15) is 0 Å². The Morgan fingerprint density at radius 1 is 1.57 bits per heavy atom. The van der Waals surface area contributed by atoms with Crippen LogP contribution in [0.1, 0.15) is 17.3 Å². The number of thioether (sulfide) groups is 1. The van der Waals surface area contributed by atoms with Crippen molar-refractivity contribution in [1.29, 1.82) is 0 Å². The van der Waals surface area contributed by atoms with Gasteiger partial charge in [-0.15, -0.1) is 23.4 Å². The molecule has 0 aliphatic carbocycles. The van der Waals surface area contributed by atoms with Crippen LogP contribution in [0, 0.1) is 3.57 Å². The Morgan fingerprint density at radius 3 is 2.64 bits per heavy atom. The molecule has 1 rings (SSSR count). The first kappa shape index (κ1) is 12.3. The molecule has 1 atom stereocenters. The topological polar surface area (TPSA) is 17.1 Å². The molecule has 0 aliphatic heterocycles. The van der Waals surface area contributed by atoms with Crippen molar-refractivity contribution in [1.82, 2.24) is 0 Å². The van der Waals surface area contributed by atoms with Gasteiger partial charge in [-0.25, -0.2) is 0 Å². The van der Waals surface area contributed by atoms with E-state index in [9.17, 15) is 4.79 Å². The van der Waals surface area contributed by atoms with Gasteiger partial charge in [0.15, 0.2) is 5.78 Å². The third-order valence-electron chi connectivity index (χ3n) is 1.80. The van der Waals surface area contributed by atoms with Crippen LogP contribution in [0.3, 0.4) is 0 Å². The van der Waals surface area contributed by atoms with Gasteiger partial charge in [-0.3, -0.25) is 4.79 Å². The van der Waals surface area contributed by atoms with E-state index in [0.717, 1.165) is 8.47 Å². The molecule has 4 heteroatoms. The van der Waals surface area contributed by atoms with Crippen LogP contribution in [-0.2, 0) is 0 Å². The summed E-state index contributed by atoms with van der Waals surface area (Å²) in [4.78, 5) is 12.8. The molecule has 0 radical (unpaired) electrons. The van der Waals surface area contributed by atoms with Crippen LogP contribution in [0.15, 0.2) is 23.1 Å². The first-order chi connectivity index (χ1) is 6.56. The molecule has 0 fully saturated rings. The maximum atomic E-state index is 11.6. The third kappa shape index (κ3) is 2.87. The zero-order chi connectivity index (χ0) is 10.7. The Balaban J connectivity index is 3.06. The minimum Gasteiger partial charge on any atom is -0.292 e. The predicted molar refractivity (Wildman–Crippen MR) is 70.6 cm³/mol. The summed E-state index contributed by atoms with van der Waals surface area (Å²) in [6, 6.07) is 5.78. The highest BCUT2D eigenvalue weighted by Crippen LogP contribution is 2.22. The molecule has 0 bridgehead atoms. The third-order valence-corrected chi connectivity index (χ3v) is 3.62. The van der Waals surface area contributed by atoms with Gasteiger partial charge < -0.3 is 0 Å². The van der Waals surface area contributed by atoms with Gasteiger partial charge in [-0.1, -0.05) is 0 Å². The number of alkyl halides is 1. The monoisotopic (exact) mass is 340 g/mol. The molecular weight excluding hydrogens is 331 g/mol. The smallest absolute Gasteiger partial charge is 0.181 e. The Labute approximate surface area is 107 Å². The zero-order valence-electron chi connectivity index (χ0n) is 7.88. The lowest BCUT2D eigenvalue weighted by Crippen LogP contribution is -2.11. The van der Waals surface area contributed by atoms with E-state index >= 15 is 0 Å². The Hall–Kier alpha value is 0.260. The van der Waals surface area contributed by atoms with Crippen molar-refractivity contribution in [2.75, 3.05) is 6.26 Å². The second-order valence-corrected chi connectivity index (χ2v) is 5.52. The summed E-state index contributed by atoms with van der Waals surface area (Å²) in [7, 11) is 0. The van der Waals surface area contributed by atoms with Crippen molar-refractivity contribution in [3.05, 3.63) is 27.3 Å². The first-order valence-corrected chi connectivity index (χ1v) is 6.82. The quantitative estimate of drug-likeness (QED) is 0.360. The van der Waals surface area contributed by atoms with Crippen molar-refractivity contribution in [3.8, 4) is 0 Å². The predicted octanol–water partition coefficient (Wildman–Crippen LogP) is 3.82. The highest BCUT2D eigenvalue weighted by molar-refractivity contribution is 14.1. The molecule has 1 unspecified atom stereocenters. The van der Waals surface area contributed by atoms with Crippen LogP contribution in [0.4, 0.5) is 0 Å². The summed E-state index contributed by atoms with van der Waals surface area (Å²) in [6.07, 6.45) is 2.01. The molecule has 0 saturated carbocycles. The summed E-state index contributed by atoms with van der Waals surface area (Å²) < 4.78 is 0.965. The molecule has 14 heavy (non-hydrogen) atoms. The highest BCUT2D eigenvalue weighted by atomic mass is 127. The fraction of sp³-hybridized carbons (Fsp3) is 0.300. The molecule has 0 N–H and O–H groups in total. The minimum absolute atomic E-state index is 0.0104. The van der Waals surface area contributed by atoms with Gasteiger partial charge in [0.25, 0.3) is 0 Å². The standard InChI is InChI=1S/C10H10ClIOS/c1-6(11)10(13)8-4-3-7(14-2)5-9(8)12/h3-6H,1-2H3. The fourth-order valence-corrected chi connectivity index (χ4v) is 2.59. The van der Waals surface area contributed by atoms with E-state index in [2.05, 4.69) is 22.6 Å². The summed E-state index contributed by atoms with van der Waals surface area (Å²) >= 11 is 9.58. The number of rotatable bonds is 3. The number of Topliss-reactive ketones (excluding diaryl/α,β-unsaturated/α-hetero) is 1. The lowest BCUT2D eigenvalue weighted by molar-refractivity contribution is 0.0991. The molecule has 0 saturated heterocycles. The molecule has 0 aromatic heterocycles. The summed E-state index contributed by atoms with van der Waals surface area (Å²) in [5.41, 5.74) is 0.714. The molecule has 1 aromatic rings. The van der Waals surface area contributed by atoms with Gasteiger partial charge in [0.05, 0.1) is 5.38 Å². The van der Waals surface area contributed by atoms with Gasteiger partial charge in [0.2, 0.25) is 0 Å². The van der Waals surface area contributed by atoms with Gasteiger partial charge in [0.1, 0.15) is 0 Å². The molecule has 76 valence electrons. The SMILES string of the molecule is CSc1ccc(C(=O)C(C)Cl)c(I)c1. The summed E-state index contributed by atoms with van der Waals surface area (Å²) in [5.74, 6) is -0.0104. The van der Waals surface area contributed by atoms with Crippen LogP contribution in [0.5, 0.6) is 0 Å². The van der Waals surface area contributed by atoms with E-state index < -0.39 is 5.38 Å². The van der Waals surface area contributed by atoms with Crippen molar-refractivity contribution in [3.63, 3.8) is 0 Å².